The number of hydrogen-bond donors (Lipinski definition) is 1. The van der Waals surface area contributed by atoms with Crippen molar-refractivity contribution < 1.29 is 9.13 Å². The van der Waals surface area contributed by atoms with Crippen molar-refractivity contribution >= 4 is 5.69 Å². The Labute approximate surface area is 113 Å². The monoisotopic (exact) mass is 259 g/mol. The molecule has 2 nitrogen and oxygen atoms in total. The second kappa shape index (κ2) is 6.23. The zero-order valence-electron chi connectivity index (χ0n) is 11.2. The largest absolute Gasteiger partial charge is 0.495 e. The third kappa shape index (κ3) is 3.71. The van der Waals surface area contributed by atoms with Crippen LogP contribution in [0.1, 0.15) is 12.5 Å². The van der Waals surface area contributed by atoms with Gasteiger partial charge >= 0.3 is 0 Å². The molecule has 1 unspecified atom stereocenters. The Bertz CT molecular complexity index is 542. The summed E-state index contributed by atoms with van der Waals surface area (Å²) in [4.78, 5) is 0. The summed E-state index contributed by atoms with van der Waals surface area (Å²) in [5.41, 5.74) is 1.93. The van der Waals surface area contributed by atoms with Crippen LogP contribution in [-0.2, 0) is 6.42 Å². The van der Waals surface area contributed by atoms with Crippen LogP contribution >= 0.6 is 0 Å². The van der Waals surface area contributed by atoms with E-state index in [-0.39, 0.29) is 11.9 Å². The number of para-hydroxylation sites is 2. The zero-order valence-corrected chi connectivity index (χ0v) is 11.2. The molecular formula is C16H18FNO. The van der Waals surface area contributed by atoms with Gasteiger partial charge in [-0.05, 0) is 43.2 Å². The molecule has 19 heavy (non-hydrogen) atoms. The minimum atomic E-state index is -0.193. The van der Waals surface area contributed by atoms with Crippen molar-refractivity contribution in [2.75, 3.05) is 12.4 Å². The number of nitrogens with one attached hydrogen (secondary N) is 1. The van der Waals surface area contributed by atoms with Crippen molar-refractivity contribution in [1.29, 1.82) is 0 Å². The van der Waals surface area contributed by atoms with E-state index in [1.165, 1.54) is 6.07 Å². The van der Waals surface area contributed by atoms with Gasteiger partial charge in [0.1, 0.15) is 11.6 Å². The molecule has 0 saturated heterocycles. The number of ether oxygens (including phenoxy) is 1. The highest BCUT2D eigenvalue weighted by Crippen LogP contribution is 2.24. The lowest BCUT2D eigenvalue weighted by atomic mass is 10.1. The number of benzene rings is 2. The van der Waals surface area contributed by atoms with Gasteiger partial charge in [0.05, 0.1) is 12.8 Å². The summed E-state index contributed by atoms with van der Waals surface area (Å²) in [7, 11) is 1.65. The van der Waals surface area contributed by atoms with Gasteiger partial charge in [-0.25, -0.2) is 4.39 Å². The van der Waals surface area contributed by atoms with Crippen molar-refractivity contribution in [2.45, 2.75) is 19.4 Å². The average Bonchev–Trinajstić information content (AvgIpc) is 2.39. The van der Waals surface area contributed by atoms with Gasteiger partial charge in [-0.3, -0.25) is 0 Å². The summed E-state index contributed by atoms with van der Waals surface area (Å²) >= 11 is 0. The molecular weight excluding hydrogens is 241 g/mol. The van der Waals surface area contributed by atoms with Crippen molar-refractivity contribution in [2.24, 2.45) is 0 Å². The Morgan fingerprint density at radius 3 is 2.68 bits per heavy atom. The van der Waals surface area contributed by atoms with E-state index in [1.807, 2.05) is 30.3 Å². The first-order chi connectivity index (χ1) is 9.19. The molecule has 0 aliphatic rings. The fourth-order valence-electron chi connectivity index (χ4n) is 2.10. The van der Waals surface area contributed by atoms with E-state index in [0.29, 0.717) is 0 Å². The van der Waals surface area contributed by atoms with Gasteiger partial charge in [0, 0.05) is 6.04 Å². The van der Waals surface area contributed by atoms with Crippen LogP contribution in [0.3, 0.4) is 0 Å². The van der Waals surface area contributed by atoms with E-state index in [0.717, 1.165) is 23.4 Å². The van der Waals surface area contributed by atoms with Crippen molar-refractivity contribution in [1.82, 2.24) is 0 Å². The molecule has 0 aliphatic heterocycles. The summed E-state index contributed by atoms with van der Waals surface area (Å²) in [6, 6.07) is 14.7. The lowest BCUT2D eigenvalue weighted by Gasteiger charge is -2.17. The number of halogens is 1. The minimum Gasteiger partial charge on any atom is -0.495 e. The van der Waals surface area contributed by atoms with Crippen molar-refractivity contribution in [3.63, 3.8) is 0 Å². The van der Waals surface area contributed by atoms with Crippen LogP contribution in [0.15, 0.2) is 48.5 Å². The highest BCUT2D eigenvalue weighted by Gasteiger charge is 2.07. The predicted molar refractivity (Wildman–Crippen MR) is 76.2 cm³/mol. The second-order valence-electron chi connectivity index (χ2n) is 4.58. The van der Waals surface area contributed by atoms with Gasteiger partial charge in [-0.15, -0.1) is 0 Å². The molecule has 2 aromatic carbocycles. The van der Waals surface area contributed by atoms with Crippen LogP contribution in [0.4, 0.5) is 10.1 Å². The zero-order chi connectivity index (χ0) is 13.7. The first-order valence-corrected chi connectivity index (χ1v) is 6.33. The number of methoxy groups -OCH3 is 1. The summed E-state index contributed by atoms with van der Waals surface area (Å²) < 4.78 is 18.4. The topological polar surface area (TPSA) is 21.3 Å². The van der Waals surface area contributed by atoms with Gasteiger partial charge < -0.3 is 10.1 Å². The average molecular weight is 259 g/mol. The van der Waals surface area contributed by atoms with E-state index in [9.17, 15) is 4.39 Å². The quantitative estimate of drug-likeness (QED) is 0.880. The summed E-state index contributed by atoms with van der Waals surface area (Å²) in [6.07, 6.45) is 0.760. The van der Waals surface area contributed by atoms with Crippen LogP contribution in [0.5, 0.6) is 5.75 Å². The molecule has 0 heterocycles. The SMILES string of the molecule is COc1ccccc1NC(C)Cc1cccc(F)c1. The molecule has 0 amide bonds. The van der Waals surface area contributed by atoms with Gasteiger partial charge in [0.25, 0.3) is 0 Å². The standard InChI is InChI=1S/C16H18FNO/c1-12(10-13-6-5-7-14(17)11-13)18-15-8-3-4-9-16(15)19-2/h3-9,11-12,18H,10H2,1-2H3. The normalized spacial score (nSPS) is 11.9. The lowest BCUT2D eigenvalue weighted by Crippen LogP contribution is -2.18. The molecule has 0 radical (unpaired) electrons. The van der Waals surface area contributed by atoms with E-state index in [1.54, 1.807) is 19.2 Å². The molecule has 0 aromatic heterocycles. The minimum absolute atomic E-state index is 0.193. The highest BCUT2D eigenvalue weighted by atomic mass is 19.1. The highest BCUT2D eigenvalue weighted by molar-refractivity contribution is 5.56. The number of hydrogen-bond acceptors (Lipinski definition) is 2. The Kier molecular flexibility index (Phi) is 4.39. The third-order valence-electron chi connectivity index (χ3n) is 2.94. The Morgan fingerprint density at radius 2 is 1.95 bits per heavy atom. The Morgan fingerprint density at radius 1 is 1.16 bits per heavy atom. The lowest BCUT2D eigenvalue weighted by molar-refractivity contribution is 0.416. The maximum absolute atomic E-state index is 13.1. The predicted octanol–water partition coefficient (Wildman–Crippen LogP) is 3.88. The molecule has 0 bridgehead atoms. The van der Waals surface area contributed by atoms with Gasteiger partial charge in [0.2, 0.25) is 0 Å². The molecule has 0 aliphatic carbocycles. The molecule has 2 aromatic rings. The summed E-state index contributed by atoms with van der Waals surface area (Å²) in [6.45, 7) is 2.07. The molecule has 0 spiro atoms. The van der Waals surface area contributed by atoms with Gasteiger partial charge in [0.15, 0.2) is 0 Å². The van der Waals surface area contributed by atoms with Crippen LogP contribution < -0.4 is 10.1 Å². The first kappa shape index (κ1) is 13.4. The van der Waals surface area contributed by atoms with Gasteiger partial charge in [-0.2, -0.15) is 0 Å². The maximum atomic E-state index is 13.1. The maximum Gasteiger partial charge on any atom is 0.141 e. The fraction of sp³-hybridized carbons (Fsp3) is 0.250. The summed E-state index contributed by atoms with van der Waals surface area (Å²) in [5, 5.41) is 3.38. The van der Waals surface area contributed by atoms with Crippen LogP contribution in [0, 0.1) is 5.82 Å². The van der Waals surface area contributed by atoms with Crippen molar-refractivity contribution in [3.8, 4) is 5.75 Å². The molecule has 1 N–H and O–H groups in total. The van der Waals surface area contributed by atoms with Crippen LogP contribution in [0.25, 0.3) is 0 Å². The van der Waals surface area contributed by atoms with Crippen molar-refractivity contribution in [3.05, 3.63) is 59.9 Å². The number of rotatable bonds is 5. The molecule has 100 valence electrons. The van der Waals surface area contributed by atoms with E-state index in [2.05, 4.69) is 12.2 Å². The second-order valence-corrected chi connectivity index (χ2v) is 4.58. The van der Waals surface area contributed by atoms with E-state index < -0.39 is 0 Å². The van der Waals surface area contributed by atoms with E-state index >= 15 is 0 Å². The molecule has 0 saturated carbocycles. The fourth-order valence-corrected chi connectivity index (χ4v) is 2.10. The summed E-state index contributed by atoms with van der Waals surface area (Å²) in [5.74, 6) is 0.621. The first-order valence-electron chi connectivity index (χ1n) is 6.33. The van der Waals surface area contributed by atoms with Gasteiger partial charge in [-0.1, -0.05) is 24.3 Å². The molecule has 3 heteroatoms. The van der Waals surface area contributed by atoms with Crippen LogP contribution in [0.2, 0.25) is 0 Å². The molecule has 2 rings (SSSR count). The third-order valence-corrected chi connectivity index (χ3v) is 2.94. The Hall–Kier alpha value is -2.03. The Balaban J connectivity index is 2.03. The molecule has 1 atom stereocenters. The number of anilines is 1. The van der Waals surface area contributed by atoms with Crippen LogP contribution in [-0.4, -0.2) is 13.2 Å². The molecule has 0 fully saturated rings. The smallest absolute Gasteiger partial charge is 0.141 e. The van der Waals surface area contributed by atoms with E-state index in [4.69, 9.17) is 4.74 Å².